The van der Waals surface area contributed by atoms with Gasteiger partial charge in [0.2, 0.25) is 5.91 Å². The molecule has 0 atom stereocenters. The maximum Gasteiger partial charge on any atom is 0.234 e. The van der Waals surface area contributed by atoms with E-state index in [1.807, 2.05) is 26.2 Å². The highest BCUT2D eigenvalue weighted by atomic mass is 32.2. The van der Waals surface area contributed by atoms with Crippen LogP contribution >= 0.6 is 11.8 Å². The van der Waals surface area contributed by atoms with Gasteiger partial charge in [-0.2, -0.15) is 11.8 Å². The summed E-state index contributed by atoms with van der Waals surface area (Å²) < 4.78 is 0. The fraction of sp³-hybridized carbons (Fsp3) is 0.417. The van der Waals surface area contributed by atoms with Gasteiger partial charge >= 0.3 is 0 Å². The number of thioether (sulfide) groups is 1. The quantitative estimate of drug-likeness (QED) is 0.596. The van der Waals surface area contributed by atoms with E-state index in [1.165, 1.54) is 0 Å². The van der Waals surface area contributed by atoms with E-state index >= 15 is 0 Å². The number of benzene rings is 1. The van der Waals surface area contributed by atoms with Crippen molar-refractivity contribution < 1.29 is 4.79 Å². The van der Waals surface area contributed by atoms with E-state index in [-0.39, 0.29) is 5.91 Å². The van der Waals surface area contributed by atoms with Crippen molar-refractivity contribution in [3.63, 3.8) is 0 Å². The fourth-order valence-corrected chi connectivity index (χ4v) is 2.12. The minimum Gasteiger partial charge on any atom is -0.399 e. The van der Waals surface area contributed by atoms with Crippen LogP contribution in [0, 0.1) is 0 Å². The Morgan fingerprint density at radius 3 is 2.88 bits per heavy atom. The van der Waals surface area contributed by atoms with E-state index in [9.17, 15) is 4.79 Å². The normalized spacial score (nSPS) is 10.5. The Hall–Kier alpha value is -1.20. The fourth-order valence-electron chi connectivity index (χ4n) is 1.23. The summed E-state index contributed by atoms with van der Waals surface area (Å²) in [5.74, 6) is 1.44. The molecule has 0 bridgehead atoms. The third-order valence-corrected chi connectivity index (χ3v) is 3.02. The Kier molecular flexibility index (Phi) is 5.86. The summed E-state index contributed by atoms with van der Waals surface area (Å²) in [4.78, 5) is 13.7. The van der Waals surface area contributed by atoms with Crippen molar-refractivity contribution in [1.82, 2.24) is 4.90 Å². The molecule has 0 heterocycles. The van der Waals surface area contributed by atoms with Gasteiger partial charge in [0.05, 0.1) is 5.75 Å². The molecular formula is C12H19N3OS. The van der Waals surface area contributed by atoms with Crippen molar-refractivity contribution >= 4 is 29.0 Å². The number of hydrogen-bond donors (Lipinski definition) is 2. The predicted molar refractivity (Wildman–Crippen MR) is 75.4 cm³/mol. The van der Waals surface area contributed by atoms with Crippen molar-refractivity contribution in [1.29, 1.82) is 0 Å². The number of amides is 1. The molecule has 1 rings (SSSR count). The highest BCUT2D eigenvalue weighted by Crippen LogP contribution is 2.12. The maximum atomic E-state index is 11.6. The second-order valence-electron chi connectivity index (χ2n) is 4.03. The van der Waals surface area contributed by atoms with E-state index in [1.54, 1.807) is 23.9 Å². The summed E-state index contributed by atoms with van der Waals surface area (Å²) in [7, 11) is 4.04. The van der Waals surface area contributed by atoms with Crippen molar-refractivity contribution in [2.24, 2.45) is 0 Å². The lowest BCUT2D eigenvalue weighted by molar-refractivity contribution is -0.113. The zero-order valence-electron chi connectivity index (χ0n) is 10.3. The Morgan fingerprint density at radius 1 is 1.47 bits per heavy atom. The zero-order valence-corrected chi connectivity index (χ0v) is 11.1. The molecule has 1 aromatic carbocycles. The number of carbonyl (C=O) groups excluding carboxylic acids is 1. The van der Waals surface area contributed by atoms with Gasteiger partial charge in [-0.25, -0.2) is 0 Å². The van der Waals surface area contributed by atoms with Gasteiger partial charge in [0.25, 0.3) is 0 Å². The Balaban J connectivity index is 2.25. The molecule has 0 spiro atoms. The summed E-state index contributed by atoms with van der Waals surface area (Å²) in [6, 6.07) is 7.20. The van der Waals surface area contributed by atoms with Crippen molar-refractivity contribution in [2.45, 2.75) is 0 Å². The van der Waals surface area contributed by atoms with Crippen molar-refractivity contribution in [2.75, 3.05) is 43.2 Å². The van der Waals surface area contributed by atoms with Crippen LogP contribution in [0.15, 0.2) is 24.3 Å². The highest BCUT2D eigenvalue weighted by Gasteiger charge is 2.02. The molecule has 1 amide bonds. The zero-order chi connectivity index (χ0) is 12.7. The predicted octanol–water partition coefficient (Wildman–Crippen LogP) is 1.50. The van der Waals surface area contributed by atoms with Crippen LogP contribution in [0.1, 0.15) is 0 Å². The number of nitrogens with zero attached hydrogens (tertiary/aromatic N) is 1. The van der Waals surface area contributed by atoms with Gasteiger partial charge in [0, 0.05) is 23.7 Å². The number of rotatable bonds is 6. The van der Waals surface area contributed by atoms with Crippen molar-refractivity contribution in [3.05, 3.63) is 24.3 Å². The summed E-state index contributed by atoms with van der Waals surface area (Å²) in [6.07, 6.45) is 0. The van der Waals surface area contributed by atoms with Gasteiger partial charge < -0.3 is 16.0 Å². The lowest BCUT2D eigenvalue weighted by Gasteiger charge is -2.09. The maximum absolute atomic E-state index is 11.6. The Morgan fingerprint density at radius 2 is 2.24 bits per heavy atom. The summed E-state index contributed by atoms with van der Waals surface area (Å²) in [6.45, 7) is 0.982. The molecule has 3 N–H and O–H groups in total. The molecule has 0 fully saturated rings. The summed E-state index contributed by atoms with van der Waals surface area (Å²) >= 11 is 1.63. The van der Waals surface area contributed by atoms with E-state index in [2.05, 4.69) is 10.2 Å². The molecule has 0 saturated heterocycles. The van der Waals surface area contributed by atoms with Crippen LogP contribution in [0.4, 0.5) is 11.4 Å². The monoisotopic (exact) mass is 253 g/mol. The number of nitrogens with one attached hydrogen (secondary N) is 1. The SMILES string of the molecule is CN(C)CCSCC(=O)Nc1cccc(N)c1. The summed E-state index contributed by atoms with van der Waals surface area (Å²) in [5.41, 5.74) is 7.04. The average Bonchev–Trinajstić information content (AvgIpc) is 2.24. The first-order valence-corrected chi connectivity index (χ1v) is 6.61. The van der Waals surface area contributed by atoms with Crippen LogP contribution in [0.3, 0.4) is 0 Å². The first-order valence-electron chi connectivity index (χ1n) is 5.46. The Bertz CT molecular complexity index is 369. The molecule has 17 heavy (non-hydrogen) atoms. The lowest BCUT2D eigenvalue weighted by atomic mass is 10.3. The second-order valence-corrected chi connectivity index (χ2v) is 5.13. The lowest BCUT2D eigenvalue weighted by Crippen LogP contribution is -2.18. The highest BCUT2D eigenvalue weighted by molar-refractivity contribution is 7.99. The van der Waals surface area contributed by atoms with Crippen LogP contribution < -0.4 is 11.1 Å². The van der Waals surface area contributed by atoms with Gasteiger partial charge in [-0.3, -0.25) is 4.79 Å². The third kappa shape index (κ3) is 6.19. The molecule has 1 aromatic rings. The van der Waals surface area contributed by atoms with Gasteiger partial charge in [-0.15, -0.1) is 0 Å². The minimum atomic E-state index is 0.0133. The van der Waals surface area contributed by atoms with Crippen molar-refractivity contribution in [3.8, 4) is 0 Å². The minimum absolute atomic E-state index is 0.0133. The summed E-state index contributed by atoms with van der Waals surface area (Å²) in [5, 5.41) is 2.82. The topological polar surface area (TPSA) is 58.4 Å². The molecule has 4 nitrogen and oxygen atoms in total. The number of anilines is 2. The van der Waals surface area contributed by atoms with E-state index in [0.29, 0.717) is 11.4 Å². The molecule has 0 saturated carbocycles. The average molecular weight is 253 g/mol. The van der Waals surface area contributed by atoms with E-state index < -0.39 is 0 Å². The number of carbonyl (C=O) groups is 1. The number of nitrogens with two attached hydrogens (primary N) is 1. The Labute approximate surface area is 107 Å². The largest absolute Gasteiger partial charge is 0.399 e. The molecule has 0 aromatic heterocycles. The molecule has 94 valence electrons. The van der Waals surface area contributed by atoms with E-state index in [0.717, 1.165) is 18.0 Å². The van der Waals surface area contributed by atoms with Gasteiger partial charge in [0.15, 0.2) is 0 Å². The first kappa shape index (κ1) is 13.9. The molecule has 0 unspecified atom stereocenters. The molecule has 0 radical (unpaired) electrons. The van der Waals surface area contributed by atoms with E-state index in [4.69, 9.17) is 5.73 Å². The van der Waals surface area contributed by atoms with Gasteiger partial charge in [0.1, 0.15) is 0 Å². The molecule has 0 aliphatic rings. The third-order valence-electron chi connectivity index (χ3n) is 2.09. The van der Waals surface area contributed by atoms with Gasteiger partial charge in [-0.1, -0.05) is 6.07 Å². The second kappa shape index (κ2) is 7.19. The van der Waals surface area contributed by atoms with Crippen LogP contribution in [0.2, 0.25) is 0 Å². The van der Waals surface area contributed by atoms with Crippen LogP contribution in [-0.4, -0.2) is 43.0 Å². The molecule has 0 aliphatic heterocycles. The number of hydrogen-bond acceptors (Lipinski definition) is 4. The molecule has 5 heteroatoms. The van der Waals surface area contributed by atoms with Crippen LogP contribution in [0.5, 0.6) is 0 Å². The smallest absolute Gasteiger partial charge is 0.234 e. The first-order chi connectivity index (χ1) is 8.08. The molecule has 0 aliphatic carbocycles. The standard InChI is InChI=1S/C12H19N3OS/c1-15(2)6-7-17-9-12(16)14-11-5-3-4-10(13)8-11/h3-5,8H,6-7,9,13H2,1-2H3,(H,14,16). The van der Waals surface area contributed by atoms with Crippen LogP contribution in [0.25, 0.3) is 0 Å². The van der Waals surface area contributed by atoms with Gasteiger partial charge in [-0.05, 0) is 32.3 Å². The molecular weight excluding hydrogens is 234 g/mol. The van der Waals surface area contributed by atoms with Crippen LogP contribution in [-0.2, 0) is 4.79 Å². The number of nitrogen functional groups attached to an aromatic ring is 1.